The molecule has 1 aromatic carbocycles. The van der Waals surface area contributed by atoms with E-state index in [1.54, 1.807) is 6.92 Å². The predicted octanol–water partition coefficient (Wildman–Crippen LogP) is 4.19. The van der Waals surface area contributed by atoms with Crippen LogP contribution in [-0.4, -0.2) is 23.8 Å². The lowest BCUT2D eigenvalue weighted by Crippen LogP contribution is -2.24. The molecule has 30 heavy (non-hydrogen) atoms. The third-order valence-electron chi connectivity index (χ3n) is 5.57. The second-order valence-electron chi connectivity index (χ2n) is 8.18. The monoisotopic (exact) mass is 417 g/mol. The number of aryl methyl sites for hydroxylation is 1. The van der Waals surface area contributed by atoms with Crippen molar-refractivity contribution in [1.29, 1.82) is 0 Å². The van der Waals surface area contributed by atoms with E-state index < -0.39 is 5.97 Å². The normalized spacial score (nSPS) is 12.9. The first-order chi connectivity index (χ1) is 14.3. The Labute approximate surface area is 181 Å². The fraction of sp³-hybridized carbons (Fsp3) is 0.640. The Bertz CT molecular complexity index is 667. The molecule has 0 N–H and O–H groups in total. The highest BCUT2D eigenvalue weighted by atomic mass is 16.5. The Hall–Kier alpha value is -2.17. The van der Waals surface area contributed by atoms with Gasteiger partial charge in [-0.25, -0.2) is 0 Å². The van der Waals surface area contributed by atoms with Crippen molar-refractivity contribution < 1.29 is 24.2 Å². The summed E-state index contributed by atoms with van der Waals surface area (Å²) in [5.41, 5.74) is 1.79. The van der Waals surface area contributed by atoms with Crippen LogP contribution in [0.25, 0.3) is 0 Å². The third-order valence-corrected chi connectivity index (χ3v) is 5.57. The topological polar surface area (TPSA) is 83.5 Å². The molecule has 0 saturated carbocycles. The number of carbonyl (C=O) groups excluding carboxylic acids is 3. The first-order valence-corrected chi connectivity index (χ1v) is 11.3. The highest BCUT2D eigenvalue weighted by Gasteiger charge is 2.17. The minimum atomic E-state index is -1.08. The molecule has 0 radical (unpaired) electrons. The van der Waals surface area contributed by atoms with Crippen LogP contribution in [0.4, 0.5) is 0 Å². The zero-order chi connectivity index (χ0) is 22.4. The van der Waals surface area contributed by atoms with Crippen LogP contribution in [0.2, 0.25) is 0 Å². The fourth-order valence-electron chi connectivity index (χ4n) is 3.93. The van der Waals surface area contributed by atoms with Crippen LogP contribution >= 0.6 is 0 Å². The van der Waals surface area contributed by atoms with Crippen molar-refractivity contribution in [3.63, 3.8) is 0 Å². The molecule has 0 aromatic heterocycles. The molecular weight excluding hydrogens is 380 g/mol. The molecule has 168 valence electrons. The number of hydrogen-bond donors (Lipinski definition) is 0. The van der Waals surface area contributed by atoms with E-state index in [9.17, 15) is 19.5 Å². The molecule has 1 aromatic rings. The maximum Gasteiger partial charge on any atom is 0.302 e. The number of aliphatic carboxylic acids is 1. The first-order valence-electron chi connectivity index (χ1n) is 11.3. The van der Waals surface area contributed by atoms with Gasteiger partial charge >= 0.3 is 5.97 Å². The number of ketones is 1. The van der Waals surface area contributed by atoms with Gasteiger partial charge < -0.3 is 14.6 Å². The largest absolute Gasteiger partial charge is 0.550 e. The Balaban J connectivity index is 2.50. The molecule has 0 aliphatic rings. The maximum absolute atomic E-state index is 12.1. The highest BCUT2D eigenvalue weighted by molar-refractivity contribution is 5.78. The third kappa shape index (κ3) is 11.1. The van der Waals surface area contributed by atoms with Gasteiger partial charge in [0.05, 0.1) is 0 Å². The quantitative estimate of drug-likeness (QED) is 0.297. The van der Waals surface area contributed by atoms with Crippen LogP contribution in [0.15, 0.2) is 24.3 Å². The summed E-state index contributed by atoms with van der Waals surface area (Å²) in [4.78, 5) is 34.4. The minimum absolute atomic E-state index is 0.00748. The molecule has 0 fully saturated rings. The summed E-state index contributed by atoms with van der Waals surface area (Å²) in [7, 11) is 0. The van der Waals surface area contributed by atoms with E-state index in [0.717, 1.165) is 75.3 Å². The molecule has 0 saturated heterocycles. The van der Waals surface area contributed by atoms with Crippen LogP contribution < -0.4 is 5.11 Å². The van der Waals surface area contributed by atoms with Crippen LogP contribution in [0.3, 0.4) is 0 Å². The highest BCUT2D eigenvalue weighted by Crippen LogP contribution is 2.22. The number of carboxylic acid groups (broad SMARTS) is 1. The van der Waals surface area contributed by atoms with E-state index in [1.165, 1.54) is 6.92 Å². The number of Topliss-reactive ketones (excluding diaryl/α,β-unsaturated/α-hetero) is 1. The number of esters is 1. The van der Waals surface area contributed by atoms with Crippen molar-refractivity contribution >= 4 is 17.7 Å². The lowest BCUT2D eigenvalue weighted by atomic mass is 9.90. The van der Waals surface area contributed by atoms with E-state index in [-0.39, 0.29) is 30.2 Å². The second kappa shape index (κ2) is 14.8. The summed E-state index contributed by atoms with van der Waals surface area (Å²) in [5.74, 6) is -1.14. The molecular formula is C25H37O5-. The van der Waals surface area contributed by atoms with Gasteiger partial charge in [-0.1, -0.05) is 44.0 Å². The molecule has 0 aliphatic heterocycles. The van der Waals surface area contributed by atoms with Crippen molar-refractivity contribution in [2.24, 2.45) is 5.92 Å². The molecule has 5 heteroatoms. The van der Waals surface area contributed by atoms with Crippen molar-refractivity contribution in [2.45, 2.75) is 97.5 Å². The van der Waals surface area contributed by atoms with E-state index in [1.807, 2.05) is 24.3 Å². The van der Waals surface area contributed by atoms with Gasteiger partial charge in [0.25, 0.3) is 0 Å². The van der Waals surface area contributed by atoms with Gasteiger partial charge in [-0.3, -0.25) is 9.59 Å². The Morgan fingerprint density at radius 2 is 1.53 bits per heavy atom. The van der Waals surface area contributed by atoms with Gasteiger partial charge in [0.1, 0.15) is 11.9 Å². The number of hydrogen-bond acceptors (Lipinski definition) is 5. The number of carbonyl (C=O) groups is 3. The summed E-state index contributed by atoms with van der Waals surface area (Å²) in [6.45, 7) is 5.23. The number of benzene rings is 1. The molecule has 1 rings (SSSR count). The first kappa shape index (κ1) is 25.9. The van der Waals surface area contributed by atoms with Crippen molar-refractivity contribution in [1.82, 2.24) is 0 Å². The number of ether oxygens (including phenoxy) is 1. The van der Waals surface area contributed by atoms with E-state index >= 15 is 0 Å². The summed E-state index contributed by atoms with van der Waals surface area (Å²) in [6, 6.07) is 7.51. The predicted molar refractivity (Wildman–Crippen MR) is 116 cm³/mol. The van der Waals surface area contributed by atoms with E-state index in [0.29, 0.717) is 0 Å². The fourth-order valence-corrected chi connectivity index (χ4v) is 3.93. The van der Waals surface area contributed by atoms with Gasteiger partial charge in [0.15, 0.2) is 0 Å². The van der Waals surface area contributed by atoms with Crippen LogP contribution in [0.1, 0.15) is 89.7 Å². The molecule has 2 atom stereocenters. The molecule has 0 aliphatic carbocycles. The Morgan fingerprint density at radius 3 is 2.13 bits per heavy atom. The van der Waals surface area contributed by atoms with Crippen molar-refractivity contribution in [3.8, 4) is 0 Å². The molecule has 0 amide bonds. The summed E-state index contributed by atoms with van der Waals surface area (Å²) >= 11 is 0. The smallest absolute Gasteiger partial charge is 0.302 e. The summed E-state index contributed by atoms with van der Waals surface area (Å²) in [6.07, 6.45) is 8.86. The standard InChI is InChI=1S/C25H38O5/c1-4-5-6-16-24(30-20(3)27)17-10-14-21(19(2)26)13-9-15-22-11-7-8-12-23(22)18-25(28)29/h7-8,11-12,21,24H,4-6,9-10,13-18H2,1-3H3,(H,28,29)/p-1. The van der Waals surface area contributed by atoms with Crippen LogP contribution in [-0.2, 0) is 32.0 Å². The Kier molecular flexibility index (Phi) is 12.7. The van der Waals surface area contributed by atoms with E-state index in [2.05, 4.69) is 6.92 Å². The molecule has 0 spiro atoms. The van der Waals surface area contributed by atoms with Crippen molar-refractivity contribution in [2.75, 3.05) is 0 Å². The molecule has 0 heterocycles. The van der Waals surface area contributed by atoms with Gasteiger partial charge in [-0.15, -0.1) is 0 Å². The number of unbranched alkanes of at least 4 members (excludes halogenated alkanes) is 2. The van der Waals surface area contributed by atoms with E-state index in [4.69, 9.17) is 4.74 Å². The second-order valence-corrected chi connectivity index (χ2v) is 8.18. The van der Waals surface area contributed by atoms with Gasteiger partial charge in [-0.05, 0) is 69.4 Å². The average molecular weight is 418 g/mol. The van der Waals surface area contributed by atoms with Crippen LogP contribution in [0.5, 0.6) is 0 Å². The average Bonchev–Trinajstić information content (AvgIpc) is 2.67. The number of carboxylic acids is 1. The lowest BCUT2D eigenvalue weighted by Gasteiger charge is -2.19. The SMILES string of the molecule is CCCCCC(CCCC(CCCc1ccccc1CC(=O)[O-])C(C)=O)OC(C)=O. The molecule has 0 bridgehead atoms. The van der Waals surface area contributed by atoms with Gasteiger partial charge in [0.2, 0.25) is 0 Å². The molecule has 5 nitrogen and oxygen atoms in total. The Morgan fingerprint density at radius 1 is 0.900 bits per heavy atom. The number of rotatable bonds is 16. The summed E-state index contributed by atoms with van der Waals surface area (Å²) in [5, 5.41) is 10.9. The van der Waals surface area contributed by atoms with Gasteiger partial charge in [0, 0.05) is 25.2 Å². The van der Waals surface area contributed by atoms with Crippen molar-refractivity contribution in [3.05, 3.63) is 35.4 Å². The zero-order valence-electron chi connectivity index (χ0n) is 18.8. The van der Waals surface area contributed by atoms with Gasteiger partial charge in [-0.2, -0.15) is 0 Å². The minimum Gasteiger partial charge on any atom is -0.550 e. The zero-order valence-corrected chi connectivity index (χ0v) is 18.8. The maximum atomic E-state index is 12.1. The lowest BCUT2D eigenvalue weighted by molar-refractivity contribution is -0.304. The summed E-state index contributed by atoms with van der Waals surface area (Å²) < 4.78 is 5.45. The van der Waals surface area contributed by atoms with Crippen LogP contribution in [0, 0.1) is 5.92 Å². The molecule has 2 unspecified atom stereocenters.